The van der Waals surface area contributed by atoms with Crippen LogP contribution in [-0.4, -0.2) is 35.2 Å². The summed E-state index contributed by atoms with van der Waals surface area (Å²) in [5.41, 5.74) is 10.2. The molecule has 1 aromatic rings. The number of likely N-dealkylation sites (N-methyl/N-ethyl adjacent to an activating group) is 1. The molecule has 0 aromatic carbocycles. The number of H-pyrrole nitrogens is 1. The second kappa shape index (κ2) is 8.51. The molecule has 3 N–H and O–H groups in total. The van der Waals surface area contributed by atoms with Gasteiger partial charge in [-0.25, -0.2) is 0 Å². The molecular weight excluding hydrogens is 248 g/mol. The van der Waals surface area contributed by atoms with Crippen LogP contribution < -0.4 is 5.73 Å². The van der Waals surface area contributed by atoms with E-state index in [0.717, 1.165) is 30.8 Å². The lowest BCUT2D eigenvalue weighted by molar-refractivity contribution is 0.336. The molecule has 0 bridgehead atoms. The van der Waals surface area contributed by atoms with Crippen molar-refractivity contribution >= 4 is 5.57 Å². The molecule has 0 atom stereocenters. The molecule has 0 aliphatic rings. The molecule has 0 amide bonds. The molecule has 1 rings (SSSR count). The quantitative estimate of drug-likeness (QED) is 0.717. The van der Waals surface area contributed by atoms with Gasteiger partial charge in [-0.15, -0.1) is 0 Å². The number of rotatable bonds is 8. The van der Waals surface area contributed by atoms with Gasteiger partial charge in [0.2, 0.25) is 0 Å². The second-order valence-electron chi connectivity index (χ2n) is 4.95. The molecule has 0 saturated heterocycles. The van der Waals surface area contributed by atoms with Crippen LogP contribution in [0.1, 0.15) is 31.5 Å². The standard InChI is InChI=1S/C16H26N4/c1-5-13(3)7-8-14(6-2)16-15(11-18-19-16)12-20(4)10-9-17/h5,7-8,11H,1,6,9-10,12,17H2,2-4H3,(H,18,19)/b13-7+,14-8+. The maximum atomic E-state index is 5.59. The zero-order chi connectivity index (χ0) is 15.0. The average Bonchev–Trinajstić information content (AvgIpc) is 2.87. The number of hydrogen-bond acceptors (Lipinski definition) is 3. The smallest absolute Gasteiger partial charge is 0.0925 e. The van der Waals surface area contributed by atoms with E-state index in [4.69, 9.17) is 5.73 Å². The average molecular weight is 274 g/mol. The number of allylic oxidation sites excluding steroid dienone is 5. The molecule has 0 saturated carbocycles. The van der Waals surface area contributed by atoms with Crippen LogP contribution >= 0.6 is 0 Å². The molecule has 110 valence electrons. The summed E-state index contributed by atoms with van der Waals surface area (Å²) >= 11 is 0. The third-order valence-corrected chi connectivity index (χ3v) is 3.22. The summed E-state index contributed by atoms with van der Waals surface area (Å²) in [6.45, 7) is 10.3. The Bertz CT molecular complexity index is 482. The highest BCUT2D eigenvalue weighted by Gasteiger charge is 2.11. The van der Waals surface area contributed by atoms with Crippen molar-refractivity contribution in [3.05, 3.63) is 47.8 Å². The van der Waals surface area contributed by atoms with E-state index in [1.807, 2.05) is 19.2 Å². The van der Waals surface area contributed by atoms with E-state index in [1.165, 1.54) is 11.1 Å². The van der Waals surface area contributed by atoms with Crippen LogP contribution in [0.5, 0.6) is 0 Å². The molecule has 0 radical (unpaired) electrons. The zero-order valence-electron chi connectivity index (χ0n) is 12.8. The van der Waals surface area contributed by atoms with Crippen molar-refractivity contribution in [2.24, 2.45) is 5.73 Å². The third-order valence-electron chi connectivity index (χ3n) is 3.22. The van der Waals surface area contributed by atoms with Gasteiger partial charge in [-0.1, -0.05) is 37.3 Å². The fourth-order valence-electron chi connectivity index (χ4n) is 1.97. The van der Waals surface area contributed by atoms with E-state index >= 15 is 0 Å². The van der Waals surface area contributed by atoms with E-state index in [0.29, 0.717) is 6.54 Å². The van der Waals surface area contributed by atoms with Gasteiger partial charge in [0.05, 0.1) is 5.69 Å². The Morgan fingerprint density at radius 3 is 2.85 bits per heavy atom. The van der Waals surface area contributed by atoms with Gasteiger partial charge < -0.3 is 10.6 Å². The summed E-state index contributed by atoms with van der Waals surface area (Å²) in [6.07, 6.45) is 8.97. The molecule has 4 nitrogen and oxygen atoms in total. The zero-order valence-corrected chi connectivity index (χ0v) is 12.8. The predicted octanol–water partition coefficient (Wildman–Crippen LogP) is 2.73. The topological polar surface area (TPSA) is 57.9 Å². The first-order chi connectivity index (χ1) is 9.62. The molecule has 0 aliphatic carbocycles. The van der Waals surface area contributed by atoms with Gasteiger partial charge in [0, 0.05) is 31.4 Å². The van der Waals surface area contributed by atoms with Crippen molar-refractivity contribution in [2.45, 2.75) is 26.8 Å². The minimum Gasteiger partial charge on any atom is -0.329 e. The van der Waals surface area contributed by atoms with Gasteiger partial charge in [-0.3, -0.25) is 5.10 Å². The van der Waals surface area contributed by atoms with Crippen LogP contribution in [0.4, 0.5) is 0 Å². The SMILES string of the molecule is C=C/C(C)=C/C=C(\CC)c1n[nH]cc1CN(C)CCN. The lowest BCUT2D eigenvalue weighted by Gasteiger charge is -2.15. The van der Waals surface area contributed by atoms with E-state index in [-0.39, 0.29) is 0 Å². The first-order valence-electron chi connectivity index (χ1n) is 7.03. The third kappa shape index (κ3) is 4.79. The van der Waals surface area contributed by atoms with Gasteiger partial charge in [0.15, 0.2) is 0 Å². The Kier molecular flexibility index (Phi) is 6.98. The fourth-order valence-corrected chi connectivity index (χ4v) is 1.97. The number of nitrogens with one attached hydrogen (secondary N) is 1. The molecule has 0 fully saturated rings. The number of aromatic nitrogens is 2. The summed E-state index contributed by atoms with van der Waals surface area (Å²) < 4.78 is 0. The summed E-state index contributed by atoms with van der Waals surface area (Å²) in [5.74, 6) is 0. The van der Waals surface area contributed by atoms with Gasteiger partial charge in [0.25, 0.3) is 0 Å². The number of aromatic amines is 1. The van der Waals surface area contributed by atoms with Crippen molar-refractivity contribution in [3.63, 3.8) is 0 Å². The fraction of sp³-hybridized carbons (Fsp3) is 0.438. The Balaban J connectivity index is 2.94. The van der Waals surface area contributed by atoms with Crippen LogP contribution in [0.25, 0.3) is 5.57 Å². The second-order valence-corrected chi connectivity index (χ2v) is 4.95. The molecule has 1 heterocycles. The summed E-state index contributed by atoms with van der Waals surface area (Å²) in [4.78, 5) is 2.20. The molecule has 1 aromatic heterocycles. The van der Waals surface area contributed by atoms with E-state index < -0.39 is 0 Å². The number of hydrogen-bond donors (Lipinski definition) is 2. The molecular formula is C16H26N4. The van der Waals surface area contributed by atoms with Crippen LogP contribution in [0.15, 0.2) is 36.6 Å². The molecule has 0 aliphatic heterocycles. The van der Waals surface area contributed by atoms with Crippen LogP contribution in [0.3, 0.4) is 0 Å². The van der Waals surface area contributed by atoms with Crippen LogP contribution in [-0.2, 0) is 6.54 Å². The van der Waals surface area contributed by atoms with Crippen LogP contribution in [0.2, 0.25) is 0 Å². The number of nitrogens with zero attached hydrogens (tertiary/aromatic N) is 2. The maximum Gasteiger partial charge on any atom is 0.0925 e. The van der Waals surface area contributed by atoms with Gasteiger partial charge in [0.1, 0.15) is 0 Å². The minimum absolute atomic E-state index is 0.668. The summed E-state index contributed by atoms with van der Waals surface area (Å²) in [5, 5.41) is 7.37. The Morgan fingerprint density at radius 2 is 2.25 bits per heavy atom. The minimum atomic E-state index is 0.668. The highest BCUT2D eigenvalue weighted by Crippen LogP contribution is 2.21. The largest absolute Gasteiger partial charge is 0.329 e. The van der Waals surface area contributed by atoms with Gasteiger partial charge in [-0.2, -0.15) is 5.10 Å². The predicted molar refractivity (Wildman–Crippen MR) is 86.2 cm³/mol. The highest BCUT2D eigenvalue weighted by atomic mass is 15.1. The van der Waals surface area contributed by atoms with Gasteiger partial charge in [-0.05, 0) is 26.0 Å². The van der Waals surface area contributed by atoms with Crippen molar-refractivity contribution in [2.75, 3.05) is 20.1 Å². The van der Waals surface area contributed by atoms with Crippen molar-refractivity contribution < 1.29 is 0 Å². The summed E-state index contributed by atoms with van der Waals surface area (Å²) in [6, 6.07) is 0. The van der Waals surface area contributed by atoms with Crippen molar-refractivity contribution in [1.82, 2.24) is 15.1 Å². The lowest BCUT2D eigenvalue weighted by atomic mass is 10.0. The first kappa shape index (κ1) is 16.4. The maximum absolute atomic E-state index is 5.59. The van der Waals surface area contributed by atoms with E-state index in [1.54, 1.807) is 0 Å². The van der Waals surface area contributed by atoms with E-state index in [2.05, 4.69) is 47.8 Å². The Morgan fingerprint density at radius 1 is 1.50 bits per heavy atom. The summed E-state index contributed by atoms with van der Waals surface area (Å²) in [7, 11) is 2.07. The number of nitrogens with two attached hydrogens (primary N) is 1. The van der Waals surface area contributed by atoms with Crippen molar-refractivity contribution in [1.29, 1.82) is 0 Å². The Labute approximate surface area is 122 Å². The molecule has 0 spiro atoms. The molecule has 4 heteroatoms. The van der Waals surface area contributed by atoms with E-state index in [9.17, 15) is 0 Å². The Hall–Kier alpha value is -1.65. The lowest BCUT2D eigenvalue weighted by Crippen LogP contribution is -2.25. The van der Waals surface area contributed by atoms with Crippen molar-refractivity contribution in [3.8, 4) is 0 Å². The molecule has 20 heavy (non-hydrogen) atoms. The highest BCUT2D eigenvalue weighted by molar-refractivity contribution is 5.66. The molecule has 0 unspecified atom stereocenters. The van der Waals surface area contributed by atoms with Gasteiger partial charge >= 0.3 is 0 Å². The normalized spacial score (nSPS) is 13.1. The first-order valence-corrected chi connectivity index (χ1v) is 7.03. The monoisotopic (exact) mass is 274 g/mol. The van der Waals surface area contributed by atoms with Crippen LogP contribution in [0, 0.1) is 0 Å².